The van der Waals surface area contributed by atoms with E-state index >= 15 is 0 Å². The van der Waals surface area contributed by atoms with E-state index in [2.05, 4.69) is 0 Å². The van der Waals surface area contributed by atoms with Crippen molar-refractivity contribution in [1.29, 1.82) is 5.41 Å². The lowest BCUT2D eigenvalue weighted by atomic mass is 9.93. The summed E-state index contributed by atoms with van der Waals surface area (Å²) in [5.41, 5.74) is 2.23. The van der Waals surface area contributed by atoms with Crippen molar-refractivity contribution in [1.82, 2.24) is 4.90 Å². The summed E-state index contributed by atoms with van der Waals surface area (Å²) in [4.78, 5) is 13.1. The van der Waals surface area contributed by atoms with Crippen LogP contribution in [0.1, 0.15) is 18.0 Å². The van der Waals surface area contributed by atoms with Gasteiger partial charge in [-0.25, -0.2) is 0 Å². The van der Waals surface area contributed by atoms with Crippen molar-refractivity contribution >= 4 is 23.3 Å². The monoisotopic (exact) mass is 234 g/mol. The number of amidine groups is 1. The van der Waals surface area contributed by atoms with Gasteiger partial charge in [0, 0.05) is 18.0 Å². The summed E-state index contributed by atoms with van der Waals surface area (Å²) < 4.78 is 0. The van der Waals surface area contributed by atoms with E-state index in [1.54, 1.807) is 0 Å². The van der Waals surface area contributed by atoms with Crippen molar-refractivity contribution in [2.24, 2.45) is 0 Å². The molecule has 0 saturated carbocycles. The lowest BCUT2D eigenvalue weighted by molar-refractivity contribution is -0.125. The number of hydrogen-bond acceptors (Lipinski definition) is 2. The highest BCUT2D eigenvalue weighted by atomic mass is 35.5. The molecule has 1 heterocycles. The zero-order valence-corrected chi connectivity index (χ0v) is 9.32. The van der Waals surface area contributed by atoms with Gasteiger partial charge in [-0.3, -0.25) is 15.1 Å². The standard InChI is InChI=1S/C12H11ClN2O/c13-7-6-12(16)15-10(8-11(15)14)9-4-2-1-3-5-9/h1-7,10,14H,8H2/b7-6+,14-11?/t10-/m0/s1. The maximum Gasteiger partial charge on any atom is 0.253 e. The summed E-state index contributed by atoms with van der Waals surface area (Å²) in [7, 11) is 0. The molecule has 0 aliphatic carbocycles. The van der Waals surface area contributed by atoms with Crippen LogP contribution in [0, 0.1) is 5.41 Å². The summed E-state index contributed by atoms with van der Waals surface area (Å²) in [6.45, 7) is 0. The molecule has 0 aromatic heterocycles. The van der Waals surface area contributed by atoms with E-state index < -0.39 is 0 Å². The average molecular weight is 235 g/mol. The Morgan fingerprint density at radius 3 is 2.69 bits per heavy atom. The number of amides is 1. The van der Waals surface area contributed by atoms with E-state index in [9.17, 15) is 4.79 Å². The molecule has 1 aliphatic heterocycles. The molecule has 1 atom stereocenters. The molecule has 1 amide bonds. The van der Waals surface area contributed by atoms with Gasteiger partial charge in [0.25, 0.3) is 5.91 Å². The molecule has 2 rings (SSSR count). The summed E-state index contributed by atoms with van der Waals surface area (Å²) in [5, 5.41) is 7.60. The molecule has 3 nitrogen and oxygen atoms in total. The molecular weight excluding hydrogens is 224 g/mol. The predicted molar refractivity (Wildman–Crippen MR) is 63.4 cm³/mol. The Hall–Kier alpha value is -1.61. The first kappa shape index (κ1) is 10.9. The minimum atomic E-state index is -0.236. The Bertz CT molecular complexity index is 442. The molecule has 16 heavy (non-hydrogen) atoms. The lowest BCUT2D eigenvalue weighted by Crippen LogP contribution is -2.48. The Kier molecular flexibility index (Phi) is 3.06. The number of halogens is 1. The highest BCUT2D eigenvalue weighted by molar-refractivity contribution is 6.27. The maximum atomic E-state index is 11.6. The maximum absolute atomic E-state index is 11.6. The fourth-order valence-electron chi connectivity index (χ4n) is 1.81. The number of nitrogens with one attached hydrogen (secondary N) is 1. The summed E-state index contributed by atoms with van der Waals surface area (Å²) in [6.07, 6.45) is 1.87. The van der Waals surface area contributed by atoms with Gasteiger partial charge < -0.3 is 0 Å². The summed E-state index contributed by atoms with van der Waals surface area (Å²) in [5.74, 6) is 0.105. The van der Waals surface area contributed by atoms with Crippen molar-refractivity contribution in [2.45, 2.75) is 12.5 Å². The second-order valence-electron chi connectivity index (χ2n) is 3.58. The van der Waals surface area contributed by atoms with Crippen LogP contribution in [0.15, 0.2) is 41.9 Å². The van der Waals surface area contributed by atoms with Crippen LogP contribution in [-0.4, -0.2) is 16.6 Å². The van der Waals surface area contributed by atoms with E-state index in [-0.39, 0.29) is 11.9 Å². The van der Waals surface area contributed by atoms with Gasteiger partial charge >= 0.3 is 0 Å². The molecule has 0 bridgehead atoms. The zero-order chi connectivity index (χ0) is 11.5. The third kappa shape index (κ3) is 1.86. The van der Waals surface area contributed by atoms with Crippen molar-refractivity contribution < 1.29 is 4.79 Å². The van der Waals surface area contributed by atoms with Crippen LogP contribution in [-0.2, 0) is 4.79 Å². The van der Waals surface area contributed by atoms with Crippen LogP contribution in [0.4, 0.5) is 0 Å². The quantitative estimate of drug-likeness (QED) is 0.786. The Morgan fingerprint density at radius 1 is 1.44 bits per heavy atom. The highest BCUT2D eigenvalue weighted by Gasteiger charge is 2.37. The summed E-state index contributed by atoms with van der Waals surface area (Å²) >= 11 is 5.36. The molecular formula is C12H11ClN2O. The normalized spacial score (nSPS) is 19.9. The van der Waals surface area contributed by atoms with E-state index in [0.717, 1.165) is 5.56 Å². The second kappa shape index (κ2) is 4.49. The van der Waals surface area contributed by atoms with Crippen LogP contribution in [0.3, 0.4) is 0 Å². The number of hydrogen-bond donors (Lipinski definition) is 1. The molecule has 1 aromatic carbocycles. The molecule has 0 spiro atoms. The zero-order valence-electron chi connectivity index (χ0n) is 8.56. The van der Waals surface area contributed by atoms with Gasteiger partial charge in [-0.05, 0) is 5.56 Å². The van der Waals surface area contributed by atoms with Crippen molar-refractivity contribution in [3.05, 3.63) is 47.5 Å². The number of rotatable bonds is 2. The molecule has 1 saturated heterocycles. The Labute approximate surface area is 98.8 Å². The molecule has 82 valence electrons. The van der Waals surface area contributed by atoms with Crippen LogP contribution < -0.4 is 0 Å². The van der Waals surface area contributed by atoms with Gasteiger partial charge in [-0.1, -0.05) is 41.9 Å². The first-order valence-electron chi connectivity index (χ1n) is 4.96. The number of likely N-dealkylation sites (tertiary alicyclic amines) is 1. The van der Waals surface area contributed by atoms with Gasteiger partial charge in [-0.15, -0.1) is 0 Å². The first-order valence-corrected chi connectivity index (χ1v) is 5.40. The second-order valence-corrected chi connectivity index (χ2v) is 3.83. The van der Waals surface area contributed by atoms with Crippen molar-refractivity contribution in [3.8, 4) is 0 Å². The first-order chi connectivity index (χ1) is 7.74. The van der Waals surface area contributed by atoms with E-state index in [4.69, 9.17) is 17.0 Å². The fourth-order valence-corrected chi connectivity index (χ4v) is 1.92. The van der Waals surface area contributed by atoms with E-state index in [0.29, 0.717) is 12.3 Å². The average Bonchev–Trinajstić information content (AvgIpc) is 2.27. The molecule has 1 aliphatic rings. The van der Waals surface area contributed by atoms with Crippen LogP contribution in [0.25, 0.3) is 0 Å². The third-order valence-electron chi connectivity index (χ3n) is 2.62. The van der Waals surface area contributed by atoms with Crippen LogP contribution >= 0.6 is 11.6 Å². The minimum Gasteiger partial charge on any atom is -0.289 e. The minimum absolute atomic E-state index is 0.0194. The smallest absolute Gasteiger partial charge is 0.253 e. The molecule has 1 aromatic rings. The van der Waals surface area contributed by atoms with Gasteiger partial charge in [0.2, 0.25) is 0 Å². The lowest BCUT2D eigenvalue weighted by Gasteiger charge is -2.40. The number of carbonyl (C=O) groups excluding carboxylic acids is 1. The van der Waals surface area contributed by atoms with Gasteiger partial charge in [-0.2, -0.15) is 0 Å². The fraction of sp³-hybridized carbons (Fsp3) is 0.167. The van der Waals surface area contributed by atoms with Gasteiger partial charge in [0.05, 0.1) is 6.04 Å². The molecule has 1 N–H and O–H groups in total. The van der Waals surface area contributed by atoms with Crippen molar-refractivity contribution in [2.75, 3.05) is 0 Å². The van der Waals surface area contributed by atoms with Gasteiger partial charge in [0.15, 0.2) is 0 Å². The van der Waals surface area contributed by atoms with Crippen molar-refractivity contribution in [3.63, 3.8) is 0 Å². The number of carbonyl (C=O) groups is 1. The van der Waals surface area contributed by atoms with Gasteiger partial charge in [0.1, 0.15) is 5.84 Å². The highest BCUT2D eigenvalue weighted by Crippen LogP contribution is 2.34. The predicted octanol–water partition coefficient (Wildman–Crippen LogP) is 2.69. The largest absolute Gasteiger partial charge is 0.289 e. The topological polar surface area (TPSA) is 44.2 Å². The molecule has 4 heteroatoms. The van der Waals surface area contributed by atoms with Crippen LogP contribution in [0.5, 0.6) is 0 Å². The SMILES string of the molecule is N=C1C[C@@H](c2ccccc2)N1C(=O)/C=C/Cl. The Morgan fingerprint density at radius 2 is 2.12 bits per heavy atom. The van der Waals surface area contributed by atoms with Crippen LogP contribution in [0.2, 0.25) is 0 Å². The van der Waals surface area contributed by atoms with E-state index in [1.807, 2.05) is 30.3 Å². The summed E-state index contributed by atoms with van der Waals surface area (Å²) in [6, 6.07) is 9.69. The van der Waals surface area contributed by atoms with E-state index in [1.165, 1.54) is 16.5 Å². The molecule has 0 radical (unpaired) electrons. The Balaban J connectivity index is 2.19. The third-order valence-corrected chi connectivity index (χ3v) is 2.74. The molecule has 0 unspecified atom stereocenters. The number of benzene rings is 1. The molecule has 1 fully saturated rings. The number of nitrogens with zero attached hydrogens (tertiary/aromatic N) is 1.